The number of aromatic nitrogens is 1. The van der Waals surface area contributed by atoms with Gasteiger partial charge in [0.2, 0.25) is 0 Å². The fraction of sp³-hybridized carbons (Fsp3) is 0.550. The van der Waals surface area contributed by atoms with Gasteiger partial charge >= 0.3 is 0 Å². The molecule has 1 aliphatic carbocycles. The van der Waals surface area contributed by atoms with Crippen LogP contribution >= 0.6 is 36.4 Å². The predicted octanol–water partition coefficient (Wildman–Crippen LogP) is 5.32. The van der Waals surface area contributed by atoms with Crippen LogP contribution in [0.4, 0.5) is 5.69 Å². The SMILES string of the molecule is CCN(CCCl)CCCNc1c2c(nc3ccccc13)CCCC2.Cl.Cl. The Morgan fingerprint density at radius 3 is 2.65 bits per heavy atom. The monoisotopic (exact) mass is 417 g/mol. The maximum Gasteiger partial charge on any atom is 0.0726 e. The van der Waals surface area contributed by atoms with E-state index in [1.807, 2.05) is 0 Å². The highest BCUT2D eigenvalue weighted by Gasteiger charge is 2.17. The Morgan fingerprint density at radius 2 is 1.88 bits per heavy atom. The first kappa shape index (κ1) is 23.3. The molecule has 0 bridgehead atoms. The number of aryl methyl sites for hydroxylation is 1. The molecule has 1 heterocycles. The molecule has 0 aliphatic heterocycles. The summed E-state index contributed by atoms with van der Waals surface area (Å²) in [5, 5.41) is 5.01. The highest BCUT2D eigenvalue weighted by Crippen LogP contribution is 2.33. The van der Waals surface area contributed by atoms with Crippen LogP contribution in [0.15, 0.2) is 24.3 Å². The van der Waals surface area contributed by atoms with Crippen LogP contribution in [0, 0.1) is 0 Å². The molecule has 0 unspecified atom stereocenters. The van der Waals surface area contributed by atoms with E-state index in [2.05, 4.69) is 41.4 Å². The van der Waals surface area contributed by atoms with Gasteiger partial charge in [-0.25, -0.2) is 0 Å². The summed E-state index contributed by atoms with van der Waals surface area (Å²) in [4.78, 5) is 7.32. The average molecular weight is 419 g/mol. The Balaban J connectivity index is 0.00000169. The van der Waals surface area contributed by atoms with Crippen LogP contribution in [0.3, 0.4) is 0 Å². The summed E-state index contributed by atoms with van der Waals surface area (Å²) in [5.74, 6) is 0.712. The molecular formula is C20H30Cl3N3. The molecule has 1 aromatic carbocycles. The van der Waals surface area contributed by atoms with E-state index < -0.39 is 0 Å². The van der Waals surface area contributed by atoms with E-state index in [1.54, 1.807) is 0 Å². The lowest BCUT2D eigenvalue weighted by Crippen LogP contribution is -2.28. The van der Waals surface area contributed by atoms with Crippen LogP contribution in [0.1, 0.15) is 37.4 Å². The van der Waals surface area contributed by atoms with E-state index >= 15 is 0 Å². The van der Waals surface area contributed by atoms with Crippen LogP contribution in [0.5, 0.6) is 0 Å². The Bertz CT molecular complexity index is 679. The van der Waals surface area contributed by atoms with Crippen LogP contribution in [0.25, 0.3) is 10.9 Å². The van der Waals surface area contributed by atoms with E-state index in [1.165, 1.54) is 35.2 Å². The van der Waals surface area contributed by atoms with Crippen molar-refractivity contribution in [2.24, 2.45) is 0 Å². The summed E-state index contributed by atoms with van der Waals surface area (Å²) in [7, 11) is 0. The number of rotatable bonds is 8. The van der Waals surface area contributed by atoms with Crippen molar-refractivity contribution in [3.63, 3.8) is 0 Å². The molecule has 0 saturated carbocycles. The molecule has 3 nitrogen and oxygen atoms in total. The van der Waals surface area contributed by atoms with E-state index in [0.29, 0.717) is 5.88 Å². The zero-order valence-electron chi connectivity index (χ0n) is 15.5. The van der Waals surface area contributed by atoms with Gasteiger partial charge in [0.15, 0.2) is 0 Å². The number of nitrogens with zero attached hydrogens (tertiary/aromatic N) is 2. The number of halogens is 3. The first-order valence-electron chi connectivity index (χ1n) is 9.26. The maximum absolute atomic E-state index is 5.86. The van der Waals surface area contributed by atoms with Gasteiger partial charge in [0.1, 0.15) is 0 Å². The van der Waals surface area contributed by atoms with Gasteiger partial charge in [-0.15, -0.1) is 36.4 Å². The standard InChI is InChI=1S/C20H28ClN3.2ClH/c1-2-24(15-12-21)14-7-13-22-20-16-8-3-5-10-18(16)23-19-11-6-4-9-17(19)20;;/h3,5,8,10H,2,4,6-7,9,11-15H2,1H3,(H,22,23);2*1H. The van der Waals surface area contributed by atoms with Crippen LogP contribution in [0.2, 0.25) is 0 Å². The molecule has 0 fully saturated rings. The van der Waals surface area contributed by atoms with E-state index in [9.17, 15) is 0 Å². The third-order valence-corrected chi connectivity index (χ3v) is 5.14. The summed E-state index contributed by atoms with van der Waals surface area (Å²) in [6, 6.07) is 8.53. The number of alkyl halides is 1. The topological polar surface area (TPSA) is 28.2 Å². The Kier molecular flexibility index (Phi) is 10.6. The number of para-hydroxylation sites is 1. The largest absolute Gasteiger partial charge is 0.384 e. The van der Waals surface area contributed by atoms with Crippen molar-refractivity contribution in [2.75, 3.05) is 37.4 Å². The lowest BCUT2D eigenvalue weighted by atomic mass is 9.92. The average Bonchev–Trinajstić information content (AvgIpc) is 2.63. The molecule has 146 valence electrons. The Hall–Kier alpha value is -0.740. The minimum Gasteiger partial charge on any atom is -0.384 e. The molecule has 6 heteroatoms. The van der Waals surface area contributed by atoms with Gasteiger partial charge in [0, 0.05) is 35.7 Å². The maximum atomic E-state index is 5.86. The van der Waals surface area contributed by atoms with Crippen molar-refractivity contribution in [3.8, 4) is 0 Å². The third-order valence-electron chi connectivity index (χ3n) is 4.97. The number of fused-ring (bicyclic) bond motifs is 2. The van der Waals surface area contributed by atoms with Crippen LogP contribution in [-0.2, 0) is 12.8 Å². The number of benzene rings is 1. The summed E-state index contributed by atoms with van der Waals surface area (Å²) in [5.41, 5.74) is 5.21. The van der Waals surface area contributed by atoms with Gasteiger partial charge in [-0.3, -0.25) is 4.98 Å². The summed E-state index contributed by atoms with van der Waals surface area (Å²) < 4.78 is 0. The summed E-state index contributed by atoms with van der Waals surface area (Å²) in [6.07, 6.45) is 5.95. The minimum absolute atomic E-state index is 0. The van der Waals surface area contributed by atoms with E-state index in [4.69, 9.17) is 16.6 Å². The fourth-order valence-electron chi connectivity index (χ4n) is 3.64. The molecular weight excluding hydrogens is 389 g/mol. The first-order valence-corrected chi connectivity index (χ1v) is 9.79. The molecule has 1 aliphatic rings. The molecule has 0 spiro atoms. The number of hydrogen-bond acceptors (Lipinski definition) is 3. The van der Waals surface area contributed by atoms with Crippen molar-refractivity contribution in [1.29, 1.82) is 0 Å². The molecule has 2 aromatic rings. The molecule has 0 radical (unpaired) electrons. The lowest BCUT2D eigenvalue weighted by molar-refractivity contribution is 0.304. The normalized spacial score (nSPS) is 13.0. The molecule has 0 atom stereocenters. The smallest absolute Gasteiger partial charge is 0.0726 e. The second-order valence-electron chi connectivity index (χ2n) is 6.54. The second-order valence-corrected chi connectivity index (χ2v) is 6.92. The third kappa shape index (κ3) is 5.63. The Morgan fingerprint density at radius 1 is 1.12 bits per heavy atom. The Labute approximate surface area is 174 Å². The molecule has 3 rings (SSSR count). The van der Waals surface area contributed by atoms with E-state index in [-0.39, 0.29) is 24.8 Å². The van der Waals surface area contributed by atoms with Crippen LogP contribution in [-0.4, -0.2) is 41.9 Å². The zero-order valence-corrected chi connectivity index (χ0v) is 17.9. The number of pyridine rings is 1. The van der Waals surface area contributed by atoms with Crippen molar-refractivity contribution in [1.82, 2.24) is 9.88 Å². The summed E-state index contributed by atoms with van der Waals surface area (Å²) >= 11 is 5.86. The lowest BCUT2D eigenvalue weighted by Gasteiger charge is -2.23. The quantitative estimate of drug-likeness (QED) is 0.464. The minimum atomic E-state index is 0. The van der Waals surface area contributed by atoms with Crippen molar-refractivity contribution < 1.29 is 0 Å². The van der Waals surface area contributed by atoms with Gasteiger partial charge in [-0.05, 0) is 56.8 Å². The second kappa shape index (κ2) is 11.9. The molecule has 1 N–H and O–H groups in total. The summed E-state index contributed by atoms with van der Waals surface area (Å²) in [6.45, 7) is 6.35. The van der Waals surface area contributed by atoms with Gasteiger partial charge in [0.05, 0.1) is 5.52 Å². The van der Waals surface area contributed by atoms with Gasteiger partial charge in [-0.1, -0.05) is 25.1 Å². The number of hydrogen-bond donors (Lipinski definition) is 1. The molecule has 26 heavy (non-hydrogen) atoms. The van der Waals surface area contributed by atoms with Crippen LogP contribution < -0.4 is 5.32 Å². The molecule has 0 amide bonds. The molecule has 1 aromatic heterocycles. The van der Waals surface area contributed by atoms with E-state index in [0.717, 1.165) is 51.0 Å². The fourth-order valence-corrected chi connectivity index (χ4v) is 3.88. The van der Waals surface area contributed by atoms with Crippen molar-refractivity contribution >= 4 is 53.0 Å². The van der Waals surface area contributed by atoms with Crippen molar-refractivity contribution in [3.05, 3.63) is 35.5 Å². The predicted molar refractivity (Wildman–Crippen MR) is 119 cm³/mol. The van der Waals surface area contributed by atoms with Gasteiger partial charge in [0.25, 0.3) is 0 Å². The highest BCUT2D eigenvalue weighted by molar-refractivity contribution is 6.18. The van der Waals surface area contributed by atoms with Gasteiger partial charge in [-0.2, -0.15) is 0 Å². The van der Waals surface area contributed by atoms with Gasteiger partial charge < -0.3 is 10.2 Å². The first-order chi connectivity index (χ1) is 11.8. The number of nitrogens with one attached hydrogen (secondary N) is 1. The highest BCUT2D eigenvalue weighted by atomic mass is 35.5. The molecule has 0 saturated heterocycles. The zero-order chi connectivity index (χ0) is 16.8. The number of anilines is 1. The van der Waals surface area contributed by atoms with Crippen molar-refractivity contribution in [2.45, 2.75) is 39.0 Å².